The van der Waals surface area contributed by atoms with E-state index in [4.69, 9.17) is 9.72 Å². The molecule has 4 rings (SSSR count). The molecule has 118 valence electrons. The van der Waals surface area contributed by atoms with E-state index in [0.29, 0.717) is 12.1 Å². The van der Waals surface area contributed by atoms with Gasteiger partial charge in [-0.15, -0.1) is 0 Å². The highest BCUT2D eigenvalue weighted by Crippen LogP contribution is 2.30. The molecular formula is C16H23N5O. The molecule has 0 N–H and O–H groups in total. The van der Waals surface area contributed by atoms with Crippen molar-refractivity contribution in [2.24, 2.45) is 0 Å². The Hall–Kier alpha value is -1.66. The van der Waals surface area contributed by atoms with Crippen molar-refractivity contribution in [1.29, 1.82) is 0 Å². The second kappa shape index (κ2) is 5.85. The molecule has 2 aliphatic heterocycles. The van der Waals surface area contributed by atoms with Crippen LogP contribution in [0.25, 0.3) is 0 Å². The Morgan fingerprint density at radius 3 is 2.91 bits per heavy atom. The summed E-state index contributed by atoms with van der Waals surface area (Å²) < 4.78 is 9.84. The summed E-state index contributed by atoms with van der Waals surface area (Å²) in [5.41, 5.74) is 1.25. The summed E-state index contributed by atoms with van der Waals surface area (Å²) in [6, 6.07) is 2.98. The number of imidazole rings is 1. The van der Waals surface area contributed by atoms with E-state index in [0.717, 1.165) is 45.7 Å². The van der Waals surface area contributed by atoms with Crippen molar-refractivity contribution in [3.05, 3.63) is 36.2 Å². The van der Waals surface area contributed by atoms with Gasteiger partial charge in [0.1, 0.15) is 5.82 Å². The molecule has 0 unspecified atom stereocenters. The van der Waals surface area contributed by atoms with E-state index in [1.165, 1.54) is 11.5 Å². The predicted molar refractivity (Wildman–Crippen MR) is 82.5 cm³/mol. The third-order valence-electron chi connectivity index (χ3n) is 4.97. The lowest BCUT2D eigenvalue weighted by atomic mass is 10.0. The number of aromatic nitrogens is 4. The van der Waals surface area contributed by atoms with Gasteiger partial charge in [-0.3, -0.25) is 9.58 Å². The van der Waals surface area contributed by atoms with Gasteiger partial charge in [0.15, 0.2) is 0 Å². The molecule has 22 heavy (non-hydrogen) atoms. The van der Waals surface area contributed by atoms with Crippen LogP contribution >= 0.6 is 0 Å². The number of rotatable bonds is 3. The third-order valence-corrected chi connectivity index (χ3v) is 4.97. The van der Waals surface area contributed by atoms with E-state index in [1.54, 1.807) is 0 Å². The van der Waals surface area contributed by atoms with Gasteiger partial charge < -0.3 is 9.30 Å². The quantitative estimate of drug-likeness (QED) is 0.865. The summed E-state index contributed by atoms with van der Waals surface area (Å²) >= 11 is 0. The molecule has 1 fully saturated rings. The molecule has 2 aliphatic rings. The molecule has 0 saturated carbocycles. The number of hydrogen-bond donors (Lipinski definition) is 0. The van der Waals surface area contributed by atoms with E-state index < -0.39 is 0 Å². The van der Waals surface area contributed by atoms with Crippen molar-refractivity contribution in [2.75, 3.05) is 19.8 Å². The van der Waals surface area contributed by atoms with Gasteiger partial charge in [-0.25, -0.2) is 4.98 Å². The smallest absolute Gasteiger partial charge is 0.126 e. The zero-order valence-corrected chi connectivity index (χ0v) is 13.1. The average Bonchev–Trinajstić information content (AvgIpc) is 3.20. The Labute approximate surface area is 130 Å². The van der Waals surface area contributed by atoms with Gasteiger partial charge in [0.2, 0.25) is 0 Å². The normalized spacial score (nSPS) is 23.6. The highest BCUT2D eigenvalue weighted by molar-refractivity contribution is 5.12. The Bertz CT molecular complexity index is 615. The minimum absolute atomic E-state index is 0.378. The summed E-state index contributed by atoms with van der Waals surface area (Å²) in [5, 5.41) is 4.30. The van der Waals surface area contributed by atoms with Crippen LogP contribution in [0.3, 0.4) is 0 Å². The Morgan fingerprint density at radius 1 is 1.27 bits per heavy atom. The molecule has 1 saturated heterocycles. The number of ether oxygens (including phenoxy) is 1. The number of nitrogens with zero attached hydrogens (tertiary/aromatic N) is 5. The molecule has 0 spiro atoms. The van der Waals surface area contributed by atoms with Crippen molar-refractivity contribution in [3.63, 3.8) is 0 Å². The van der Waals surface area contributed by atoms with Gasteiger partial charge in [0, 0.05) is 44.7 Å². The van der Waals surface area contributed by atoms with E-state index in [-0.39, 0.29) is 0 Å². The molecule has 0 aromatic carbocycles. The molecule has 6 heteroatoms. The van der Waals surface area contributed by atoms with Gasteiger partial charge >= 0.3 is 0 Å². The van der Waals surface area contributed by atoms with Crippen LogP contribution in [0.4, 0.5) is 0 Å². The zero-order chi connectivity index (χ0) is 14.9. The first kappa shape index (κ1) is 14.0. The van der Waals surface area contributed by atoms with Gasteiger partial charge in [0.05, 0.1) is 24.5 Å². The molecule has 0 amide bonds. The first-order valence-electron chi connectivity index (χ1n) is 8.18. The lowest BCUT2D eigenvalue weighted by Gasteiger charge is -2.41. The summed E-state index contributed by atoms with van der Waals surface area (Å²) in [4.78, 5) is 7.33. The molecule has 0 aliphatic carbocycles. The second-order valence-corrected chi connectivity index (χ2v) is 6.22. The van der Waals surface area contributed by atoms with Gasteiger partial charge in [0.25, 0.3) is 0 Å². The standard InChI is InChI=1S/C16H23N5O/c1-13-16-17-11-15(12-19-6-2-5-18-19)21(16)8-7-20(13)14-3-9-22-10-4-14/h2,5-6,11,13-14H,3-4,7-10,12H2,1H3/t13-/m0/s1. The van der Waals surface area contributed by atoms with Gasteiger partial charge in [-0.2, -0.15) is 5.10 Å². The fourth-order valence-corrected chi connectivity index (χ4v) is 3.78. The van der Waals surface area contributed by atoms with Gasteiger partial charge in [-0.05, 0) is 25.8 Å². The Morgan fingerprint density at radius 2 is 2.14 bits per heavy atom. The van der Waals surface area contributed by atoms with Crippen molar-refractivity contribution >= 4 is 0 Å². The Kier molecular flexibility index (Phi) is 3.72. The summed E-state index contributed by atoms with van der Waals surface area (Å²) in [7, 11) is 0. The van der Waals surface area contributed by atoms with Crippen LogP contribution in [0.1, 0.15) is 37.3 Å². The van der Waals surface area contributed by atoms with Crippen LogP contribution in [-0.4, -0.2) is 50.0 Å². The zero-order valence-electron chi connectivity index (χ0n) is 13.1. The topological polar surface area (TPSA) is 48.1 Å². The van der Waals surface area contributed by atoms with Crippen LogP contribution < -0.4 is 0 Å². The van der Waals surface area contributed by atoms with E-state index in [9.17, 15) is 0 Å². The Balaban J connectivity index is 1.54. The van der Waals surface area contributed by atoms with Crippen LogP contribution in [-0.2, 0) is 17.8 Å². The first-order chi connectivity index (χ1) is 10.8. The summed E-state index contributed by atoms with van der Waals surface area (Å²) in [5.74, 6) is 1.19. The molecule has 0 bridgehead atoms. The third kappa shape index (κ3) is 2.46. The van der Waals surface area contributed by atoms with Crippen LogP contribution in [0.15, 0.2) is 24.7 Å². The van der Waals surface area contributed by atoms with Crippen molar-refractivity contribution in [1.82, 2.24) is 24.2 Å². The van der Waals surface area contributed by atoms with Crippen molar-refractivity contribution in [2.45, 2.75) is 44.9 Å². The lowest BCUT2D eigenvalue weighted by Crippen LogP contribution is -2.46. The first-order valence-corrected chi connectivity index (χ1v) is 8.18. The molecule has 4 heterocycles. The van der Waals surface area contributed by atoms with E-state index >= 15 is 0 Å². The van der Waals surface area contributed by atoms with Crippen LogP contribution in [0, 0.1) is 0 Å². The lowest BCUT2D eigenvalue weighted by molar-refractivity contribution is 0.00871. The highest BCUT2D eigenvalue weighted by atomic mass is 16.5. The maximum absolute atomic E-state index is 5.50. The predicted octanol–water partition coefficient (Wildman–Crippen LogP) is 1.68. The summed E-state index contributed by atoms with van der Waals surface area (Å²) in [6.07, 6.45) is 8.13. The molecular weight excluding hydrogens is 278 g/mol. The molecule has 0 radical (unpaired) electrons. The van der Waals surface area contributed by atoms with E-state index in [1.807, 2.05) is 29.3 Å². The molecule has 1 atom stereocenters. The minimum atomic E-state index is 0.378. The van der Waals surface area contributed by atoms with Crippen LogP contribution in [0.5, 0.6) is 0 Å². The monoisotopic (exact) mass is 301 g/mol. The van der Waals surface area contributed by atoms with Crippen LogP contribution in [0.2, 0.25) is 0 Å². The number of hydrogen-bond acceptors (Lipinski definition) is 4. The molecule has 2 aromatic heterocycles. The van der Waals surface area contributed by atoms with Gasteiger partial charge in [-0.1, -0.05) is 0 Å². The van der Waals surface area contributed by atoms with Crippen molar-refractivity contribution < 1.29 is 4.74 Å². The van der Waals surface area contributed by atoms with E-state index in [2.05, 4.69) is 21.5 Å². The summed E-state index contributed by atoms with van der Waals surface area (Å²) in [6.45, 7) is 6.99. The molecule has 2 aromatic rings. The minimum Gasteiger partial charge on any atom is -0.381 e. The number of fused-ring (bicyclic) bond motifs is 1. The fourth-order valence-electron chi connectivity index (χ4n) is 3.78. The highest BCUT2D eigenvalue weighted by Gasteiger charge is 2.32. The maximum Gasteiger partial charge on any atom is 0.126 e. The van der Waals surface area contributed by atoms with Crippen molar-refractivity contribution in [3.8, 4) is 0 Å². The second-order valence-electron chi connectivity index (χ2n) is 6.22. The molecule has 6 nitrogen and oxygen atoms in total. The maximum atomic E-state index is 5.50. The average molecular weight is 301 g/mol. The largest absolute Gasteiger partial charge is 0.381 e. The fraction of sp³-hybridized carbons (Fsp3) is 0.625. The SMILES string of the molecule is C[C@H]1c2ncc(Cn3cccn3)n2CCN1C1CCOCC1.